The first kappa shape index (κ1) is 7.71. The van der Waals surface area contributed by atoms with Gasteiger partial charge in [0.1, 0.15) is 0 Å². The third-order valence-electron chi connectivity index (χ3n) is 1.47. The van der Waals surface area contributed by atoms with Crippen molar-refractivity contribution in [1.82, 2.24) is 4.98 Å². The van der Waals surface area contributed by atoms with Crippen LogP contribution in [0.3, 0.4) is 0 Å². The van der Waals surface area contributed by atoms with E-state index in [1.807, 2.05) is 6.07 Å². The highest BCUT2D eigenvalue weighted by atomic mass is 35.5. The Balaban J connectivity index is 2.75. The molecular weight excluding hydrogens is 194 g/mol. The van der Waals surface area contributed by atoms with Crippen LogP contribution in [0, 0.1) is 0 Å². The maximum absolute atomic E-state index is 10.4. The fourth-order valence-electron chi connectivity index (χ4n) is 0.969. The number of rotatable bonds is 1. The van der Waals surface area contributed by atoms with Crippen LogP contribution in [0.15, 0.2) is 18.2 Å². The van der Waals surface area contributed by atoms with E-state index in [0.29, 0.717) is 10.0 Å². The molecule has 0 aliphatic heterocycles. The van der Waals surface area contributed by atoms with Gasteiger partial charge in [0.25, 0.3) is 0 Å². The fraction of sp³-hybridized carbons (Fsp3) is 0. The number of aromatic nitrogens is 1. The molecule has 0 unspecified atom stereocenters. The van der Waals surface area contributed by atoms with Crippen LogP contribution in [0.2, 0.25) is 5.02 Å². The third-order valence-corrected chi connectivity index (χ3v) is 2.66. The number of hydrogen-bond acceptors (Lipinski definition) is 3. The van der Waals surface area contributed by atoms with Crippen molar-refractivity contribution < 1.29 is 4.79 Å². The molecule has 0 saturated carbocycles. The van der Waals surface area contributed by atoms with Gasteiger partial charge in [0.05, 0.1) is 10.2 Å². The summed E-state index contributed by atoms with van der Waals surface area (Å²) in [6.45, 7) is 0. The Morgan fingerprint density at radius 2 is 2.33 bits per heavy atom. The summed E-state index contributed by atoms with van der Waals surface area (Å²) in [6.07, 6.45) is 0.749. The molecule has 0 spiro atoms. The maximum atomic E-state index is 10.4. The predicted molar refractivity (Wildman–Crippen MR) is 50.0 cm³/mol. The Bertz CT molecular complexity index is 438. The molecule has 0 radical (unpaired) electrons. The minimum atomic E-state index is 0.493. The molecule has 12 heavy (non-hydrogen) atoms. The summed E-state index contributed by atoms with van der Waals surface area (Å²) in [7, 11) is 0. The molecule has 0 atom stereocenters. The van der Waals surface area contributed by atoms with Crippen LogP contribution in [-0.2, 0) is 0 Å². The van der Waals surface area contributed by atoms with Crippen LogP contribution >= 0.6 is 22.9 Å². The SMILES string of the molecule is O=Cc1nc2cc(Cl)ccc2s1. The molecule has 1 heterocycles. The minimum Gasteiger partial charge on any atom is -0.295 e. The molecule has 1 aromatic heterocycles. The van der Waals surface area contributed by atoms with Gasteiger partial charge in [-0.05, 0) is 18.2 Å². The highest BCUT2D eigenvalue weighted by molar-refractivity contribution is 7.20. The first-order valence-corrected chi connectivity index (χ1v) is 4.50. The van der Waals surface area contributed by atoms with E-state index >= 15 is 0 Å². The first-order valence-electron chi connectivity index (χ1n) is 3.31. The molecule has 2 nitrogen and oxygen atoms in total. The van der Waals surface area contributed by atoms with Gasteiger partial charge in [0.2, 0.25) is 0 Å². The summed E-state index contributed by atoms with van der Waals surface area (Å²) < 4.78 is 0.988. The van der Waals surface area contributed by atoms with Gasteiger partial charge in [-0.3, -0.25) is 4.79 Å². The number of hydrogen-bond donors (Lipinski definition) is 0. The summed E-state index contributed by atoms with van der Waals surface area (Å²) in [4.78, 5) is 14.4. The topological polar surface area (TPSA) is 30.0 Å². The van der Waals surface area contributed by atoms with Crippen LogP contribution in [0.1, 0.15) is 9.80 Å². The summed E-state index contributed by atoms with van der Waals surface area (Å²) in [5.41, 5.74) is 0.787. The summed E-state index contributed by atoms with van der Waals surface area (Å²) in [5.74, 6) is 0. The van der Waals surface area contributed by atoms with Crippen molar-refractivity contribution in [1.29, 1.82) is 0 Å². The second-order valence-corrected chi connectivity index (χ2v) is 3.78. The number of carbonyl (C=O) groups is 1. The number of halogens is 1. The molecule has 0 fully saturated rings. The first-order chi connectivity index (χ1) is 5.79. The van der Waals surface area contributed by atoms with Crippen molar-refractivity contribution in [2.45, 2.75) is 0 Å². The van der Waals surface area contributed by atoms with E-state index in [1.54, 1.807) is 12.1 Å². The number of benzene rings is 1. The van der Waals surface area contributed by atoms with Crippen LogP contribution < -0.4 is 0 Å². The van der Waals surface area contributed by atoms with E-state index in [1.165, 1.54) is 11.3 Å². The van der Waals surface area contributed by atoms with Crippen LogP contribution in [0.4, 0.5) is 0 Å². The molecule has 60 valence electrons. The van der Waals surface area contributed by atoms with Gasteiger partial charge < -0.3 is 0 Å². The molecule has 4 heteroatoms. The molecule has 0 saturated heterocycles. The Kier molecular flexibility index (Phi) is 1.83. The number of aldehydes is 1. The second kappa shape index (κ2) is 2.84. The highest BCUT2D eigenvalue weighted by Gasteiger charge is 2.01. The highest BCUT2D eigenvalue weighted by Crippen LogP contribution is 2.23. The molecule has 0 bridgehead atoms. The Hall–Kier alpha value is -0.930. The lowest BCUT2D eigenvalue weighted by molar-refractivity contribution is 0.112. The van der Waals surface area contributed by atoms with E-state index in [0.717, 1.165) is 16.5 Å². The maximum Gasteiger partial charge on any atom is 0.178 e. The normalized spacial score (nSPS) is 10.4. The largest absolute Gasteiger partial charge is 0.295 e. The van der Waals surface area contributed by atoms with Gasteiger partial charge >= 0.3 is 0 Å². The lowest BCUT2D eigenvalue weighted by Crippen LogP contribution is -1.73. The van der Waals surface area contributed by atoms with E-state index < -0.39 is 0 Å². The molecular formula is C8H4ClNOS. The van der Waals surface area contributed by atoms with Crippen molar-refractivity contribution in [3.63, 3.8) is 0 Å². The van der Waals surface area contributed by atoms with Crippen molar-refractivity contribution >= 4 is 39.4 Å². The van der Waals surface area contributed by atoms with E-state index in [2.05, 4.69) is 4.98 Å². The summed E-state index contributed by atoms with van der Waals surface area (Å²) >= 11 is 7.12. The Morgan fingerprint density at radius 1 is 1.50 bits per heavy atom. The molecule has 0 aliphatic carbocycles. The van der Waals surface area contributed by atoms with Gasteiger partial charge in [0, 0.05) is 5.02 Å². The van der Waals surface area contributed by atoms with Gasteiger partial charge in [-0.1, -0.05) is 11.6 Å². The monoisotopic (exact) mass is 197 g/mol. The van der Waals surface area contributed by atoms with Crippen LogP contribution in [-0.4, -0.2) is 11.3 Å². The number of carbonyl (C=O) groups excluding carboxylic acids is 1. The zero-order chi connectivity index (χ0) is 8.55. The smallest absolute Gasteiger partial charge is 0.178 e. The zero-order valence-corrected chi connectivity index (χ0v) is 7.52. The van der Waals surface area contributed by atoms with Crippen LogP contribution in [0.25, 0.3) is 10.2 Å². The van der Waals surface area contributed by atoms with E-state index in [9.17, 15) is 4.79 Å². The van der Waals surface area contributed by atoms with Crippen molar-refractivity contribution in [2.24, 2.45) is 0 Å². The van der Waals surface area contributed by atoms with Gasteiger partial charge in [-0.15, -0.1) is 11.3 Å². The van der Waals surface area contributed by atoms with Crippen molar-refractivity contribution in [2.75, 3.05) is 0 Å². The molecule has 0 amide bonds. The standard InChI is InChI=1S/C8H4ClNOS/c9-5-1-2-7-6(3-5)10-8(4-11)12-7/h1-4H. The Labute approximate surface area is 77.8 Å². The van der Waals surface area contributed by atoms with E-state index in [-0.39, 0.29) is 0 Å². The lowest BCUT2D eigenvalue weighted by Gasteiger charge is -1.86. The number of thiazole rings is 1. The number of fused-ring (bicyclic) bond motifs is 1. The van der Waals surface area contributed by atoms with Crippen molar-refractivity contribution in [3.8, 4) is 0 Å². The third kappa shape index (κ3) is 1.21. The van der Waals surface area contributed by atoms with E-state index in [4.69, 9.17) is 11.6 Å². The molecule has 2 rings (SSSR count). The molecule has 2 aromatic rings. The molecule has 1 aromatic carbocycles. The molecule has 0 aliphatic rings. The zero-order valence-electron chi connectivity index (χ0n) is 5.95. The predicted octanol–water partition coefficient (Wildman–Crippen LogP) is 2.76. The minimum absolute atomic E-state index is 0.493. The lowest BCUT2D eigenvalue weighted by atomic mass is 10.3. The second-order valence-electron chi connectivity index (χ2n) is 2.28. The molecule has 0 N–H and O–H groups in total. The van der Waals surface area contributed by atoms with Crippen LogP contribution in [0.5, 0.6) is 0 Å². The average Bonchev–Trinajstić information content (AvgIpc) is 2.46. The Morgan fingerprint density at radius 3 is 3.08 bits per heavy atom. The van der Waals surface area contributed by atoms with Gasteiger partial charge in [-0.25, -0.2) is 4.98 Å². The van der Waals surface area contributed by atoms with Crippen molar-refractivity contribution in [3.05, 3.63) is 28.2 Å². The fourth-order valence-corrected chi connectivity index (χ4v) is 1.90. The quantitative estimate of drug-likeness (QED) is 0.658. The average molecular weight is 198 g/mol. The summed E-state index contributed by atoms with van der Waals surface area (Å²) in [5, 5.41) is 1.14. The summed E-state index contributed by atoms with van der Waals surface area (Å²) in [6, 6.07) is 5.40. The number of nitrogens with zero attached hydrogens (tertiary/aromatic N) is 1. The van der Waals surface area contributed by atoms with Gasteiger partial charge in [-0.2, -0.15) is 0 Å². The van der Waals surface area contributed by atoms with Gasteiger partial charge in [0.15, 0.2) is 11.3 Å².